The maximum atomic E-state index is 11.4. The van der Waals surface area contributed by atoms with Crippen molar-refractivity contribution in [2.75, 3.05) is 20.1 Å². The molecule has 2 heterocycles. The molecular formula is C15H20N2O3. The highest BCUT2D eigenvalue weighted by molar-refractivity contribution is 5.75. The predicted octanol–water partition coefficient (Wildman–Crippen LogP) is 2.37. The molecule has 1 aromatic carbocycles. The van der Waals surface area contributed by atoms with Crippen LogP contribution < -0.4 is 5.32 Å². The number of piperidine rings is 1. The molecule has 1 N–H and O–H groups in total. The lowest BCUT2D eigenvalue weighted by atomic mass is 9.93. The summed E-state index contributed by atoms with van der Waals surface area (Å²) in [5.74, 6) is 0.669. The van der Waals surface area contributed by atoms with Crippen LogP contribution in [0.3, 0.4) is 0 Å². The maximum absolute atomic E-state index is 11.4. The average molecular weight is 276 g/mol. The lowest BCUT2D eigenvalue weighted by molar-refractivity contribution is -0.121. The zero-order valence-electron chi connectivity index (χ0n) is 11.7. The first-order valence-electron chi connectivity index (χ1n) is 7.15. The third kappa shape index (κ3) is 2.72. The summed E-state index contributed by atoms with van der Waals surface area (Å²) in [6.45, 7) is 2.96. The minimum atomic E-state index is 0.151. The molecule has 0 unspecified atom stereocenters. The van der Waals surface area contributed by atoms with Gasteiger partial charge in [0.2, 0.25) is 17.1 Å². The van der Waals surface area contributed by atoms with Crippen LogP contribution in [0, 0.1) is 5.92 Å². The van der Waals surface area contributed by atoms with E-state index in [0.717, 1.165) is 43.6 Å². The molecule has 5 nitrogen and oxygen atoms in total. The monoisotopic (exact) mass is 276 g/mol. The molecular weight excluding hydrogens is 256 g/mol. The summed E-state index contributed by atoms with van der Waals surface area (Å²) in [6, 6.07) is 5.99. The highest BCUT2D eigenvalue weighted by Crippen LogP contribution is 2.26. The van der Waals surface area contributed by atoms with Crippen LogP contribution in [0.15, 0.2) is 27.4 Å². The number of hydrogen-bond acceptors (Lipinski definition) is 4. The number of fused-ring (bicyclic) bond motifs is 1. The number of hydrogen-bond donors (Lipinski definition) is 1. The molecule has 0 radical (unpaired) electrons. The van der Waals surface area contributed by atoms with Crippen molar-refractivity contribution >= 4 is 17.1 Å². The second-order valence-electron chi connectivity index (χ2n) is 5.51. The second kappa shape index (κ2) is 5.71. The molecule has 2 aromatic rings. The van der Waals surface area contributed by atoms with Crippen LogP contribution in [0.5, 0.6) is 0 Å². The molecule has 1 amide bonds. The number of nitrogens with zero attached hydrogens (tertiary/aromatic N) is 1. The van der Waals surface area contributed by atoms with E-state index in [9.17, 15) is 4.79 Å². The number of carbonyl (C=O) groups is 1. The largest absolute Gasteiger partial charge is 0.359 e. The fourth-order valence-corrected chi connectivity index (χ4v) is 2.85. The van der Waals surface area contributed by atoms with Crippen molar-refractivity contribution in [1.82, 2.24) is 10.2 Å². The van der Waals surface area contributed by atoms with Crippen molar-refractivity contribution in [3.63, 3.8) is 0 Å². The van der Waals surface area contributed by atoms with E-state index in [2.05, 4.69) is 16.3 Å². The smallest absolute Gasteiger partial charge is 0.230 e. The standard InChI is InChI=1S/C15H20N2O3/c1-16-14(18)9-11-5-7-17(8-6-11)10-12-3-2-4-13-15(12)20-19-13/h2-4,11H,5-10H2,1H3,(H,16,18). The molecule has 0 saturated carbocycles. The Morgan fingerprint density at radius 1 is 1.35 bits per heavy atom. The maximum Gasteiger partial charge on any atom is 0.230 e. The topological polar surface area (TPSA) is 58.6 Å². The SMILES string of the molecule is CNC(=O)CC1CCN(Cc2cccc3ooc23)CC1. The van der Waals surface area contributed by atoms with E-state index in [1.807, 2.05) is 12.1 Å². The van der Waals surface area contributed by atoms with Gasteiger partial charge in [0.1, 0.15) is 0 Å². The number of likely N-dealkylation sites (tertiary alicyclic amines) is 1. The number of amides is 1. The quantitative estimate of drug-likeness (QED) is 0.871. The van der Waals surface area contributed by atoms with Crippen LogP contribution in [0.1, 0.15) is 24.8 Å². The van der Waals surface area contributed by atoms with Gasteiger partial charge in [0.05, 0.1) is 0 Å². The number of rotatable bonds is 4. The number of nitrogens with one attached hydrogen (secondary N) is 1. The molecule has 3 rings (SSSR count). The van der Waals surface area contributed by atoms with Gasteiger partial charge >= 0.3 is 0 Å². The molecule has 5 heteroatoms. The molecule has 20 heavy (non-hydrogen) atoms. The Balaban J connectivity index is 1.53. The van der Waals surface area contributed by atoms with Crippen molar-refractivity contribution in [3.05, 3.63) is 23.8 Å². The summed E-state index contributed by atoms with van der Waals surface area (Å²) in [7, 11) is 1.70. The van der Waals surface area contributed by atoms with Gasteiger partial charge in [-0.25, -0.2) is 0 Å². The van der Waals surface area contributed by atoms with Crippen molar-refractivity contribution in [2.45, 2.75) is 25.8 Å². The zero-order valence-corrected chi connectivity index (χ0v) is 11.7. The van der Waals surface area contributed by atoms with Gasteiger partial charge in [0.25, 0.3) is 0 Å². The highest BCUT2D eigenvalue weighted by Gasteiger charge is 2.22. The van der Waals surface area contributed by atoms with Crippen LogP contribution in [0.2, 0.25) is 0 Å². The summed E-state index contributed by atoms with van der Waals surface area (Å²) in [5, 5.41) is 2.70. The zero-order chi connectivity index (χ0) is 13.9. The van der Waals surface area contributed by atoms with Crippen molar-refractivity contribution < 1.29 is 13.9 Å². The molecule has 108 valence electrons. The normalized spacial score (nSPS) is 17.6. The summed E-state index contributed by atoms with van der Waals surface area (Å²) in [4.78, 5) is 13.8. The van der Waals surface area contributed by atoms with Gasteiger partial charge in [-0.15, -0.1) is 0 Å². The van der Waals surface area contributed by atoms with Crippen molar-refractivity contribution in [2.24, 2.45) is 5.92 Å². The molecule has 1 aliphatic rings. The van der Waals surface area contributed by atoms with Crippen LogP contribution in [0.25, 0.3) is 11.2 Å². The average Bonchev–Trinajstić information content (AvgIpc) is 2.43. The van der Waals surface area contributed by atoms with Gasteiger partial charge < -0.3 is 5.32 Å². The predicted molar refractivity (Wildman–Crippen MR) is 75.2 cm³/mol. The number of carbonyl (C=O) groups excluding carboxylic acids is 1. The number of para-hydroxylation sites is 1. The van der Waals surface area contributed by atoms with Crippen LogP contribution in [-0.4, -0.2) is 30.9 Å². The van der Waals surface area contributed by atoms with Gasteiger partial charge in [0, 0.05) is 25.6 Å². The fourth-order valence-electron chi connectivity index (χ4n) is 2.85. The van der Waals surface area contributed by atoms with Gasteiger partial charge in [0.15, 0.2) is 0 Å². The third-order valence-corrected chi connectivity index (χ3v) is 4.13. The van der Waals surface area contributed by atoms with Gasteiger partial charge in [-0.2, -0.15) is 0 Å². The molecule has 0 spiro atoms. The number of benzene rings is 1. The fraction of sp³-hybridized carbons (Fsp3) is 0.533. The minimum Gasteiger partial charge on any atom is -0.359 e. The summed E-state index contributed by atoms with van der Waals surface area (Å²) in [5.41, 5.74) is 2.88. The molecule has 1 aromatic heterocycles. The third-order valence-electron chi connectivity index (χ3n) is 4.13. The Kier molecular flexibility index (Phi) is 3.78. The van der Waals surface area contributed by atoms with E-state index in [1.54, 1.807) is 7.05 Å². The van der Waals surface area contributed by atoms with Gasteiger partial charge in [-0.05, 0) is 37.9 Å². The van der Waals surface area contributed by atoms with Crippen molar-refractivity contribution in [1.29, 1.82) is 0 Å². The summed E-state index contributed by atoms with van der Waals surface area (Å²) >= 11 is 0. The van der Waals surface area contributed by atoms with Gasteiger partial charge in [-0.3, -0.25) is 18.8 Å². The Hall–Kier alpha value is -1.75. The molecule has 0 bridgehead atoms. The Morgan fingerprint density at radius 3 is 2.80 bits per heavy atom. The lowest BCUT2D eigenvalue weighted by Gasteiger charge is -2.31. The van der Waals surface area contributed by atoms with Crippen molar-refractivity contribution in [3.8, 4) is 0 Å². The van der Waals surface area contributed by atoms with Crippen LogP contribution in [-0.2, 0) is 11.3 Å². The van der Waals surface area contributed by atoms with E-state index >= 15 is 0 Å². The first-order valence-corrected chi connectivity index (χ1v) is 7.15. The molecule has 1 saturated heterocycles. The first-order chi connectivity index (χ1) is 9.76. The van der Waals surface area contributed by atoms with E-state index in [4.69, 9.17) is 9.15 Å². The lowest BCUT2D eigenvalue weighted by Crippen LogP contribution is -2.35. The minimum absolute atomic E-state index is 0.151. The van der Waals surface area contributed by atoms with E-state index in [1.165, 1.54) is 5.56 Å². The van der Waals surface area contributed by atoms with Crippen LogP contribution >= 0.6 is 0 Å². The summed E-state index contributed by atoms with van der Waals surface area (Å²) in [6.07, 6.45) is 2.82. The Bertz CT molecular complexity index is 579. The Morgan fingerprint density at radius 2 is 2.15 bits per heavy atom. The molecule has 0 atom stereocenters. The van der Waals surface area contributed by atoms with E-state index < -0.39 is 0 Å². The first kappa shape index (κ1) is 13.2. The van der Waals surface area contributed by atoms with E-state index in [-0.39, 0.29) is 5.91 Å². The van der Waals surface area contributed by atoms with E-state index in [0.29, 0.717) is 12.3 Å². The molecule has 0 aliphatic carbocycles. The second-order valence-corrected chi connectivity index (χ2v) is 5.51. The van der Waals surface area contributed by atoms with Crippen LogP contribution in [0.4, 0.5) is 0 Å². The molecule has 1 aliphatic heterocycles. The highest BCUT2D eigenvalue weighted by atomic mass is 17.0. The van der Waals surface area contributed by atoms with Gasteiger partial charge in [-0.1, -0.05) is 12.1 Å². The Labute approximate surface area is 117 Å². The molecule has 1 fully saturated rings. The summed E-state index contributed by atoms with van der Waals surface area (Å²) < 4.78 is 9.97.